The van der Waals surface area contributed by atoms with E-state index in [1.165, 1.54) is 11.1 Å². The predicted molar refractivity (Wildman–Crippen MR) is 85.1 cm³/mol. The summed E-state index contributed by atoms with van der Waals surface area (Å²) in [5, 5.41) is 10.8. The van der Waals surface area contributed by atoms with Gasteiger partial charge >= 0.3 is 0 Å². The van der Waals surface area contributed by atoms with Crippen molar-refractivity contribution in [2.45, 2.75) is 46.1 Å². The van der Waals surface area contributed by atoms with E-state index in [9.17, 15) is 5.11 Å². The van der Waals surface area contributed by atoms with Crippen molar-refractivity contribution in [1.82, 2.24) is 0 Å². The van der Waals surface area contributed by atoms with Crippen molar-refractivity contribution in [3.8, 4) is 0 Å². The van der Waals surface area contributed by atoms with Crippen LogP contribution in [-0.4, -0.2) is 5.11 Å². The van der Waals surface area contributed by atoms with Crippen molar-refractivity contribution < 1.29 is 5.11 Å². The molecular formula is C19H24O. The molecule has 0 fully saturated rings. The molecule has 0 saturated heterocycles. The maximum absolute atomic E-state index is 10.8. The molecule has 0 aliphatic heterocycles. The highest BCUT2D eigenvalue weighted by atomic mass is 16.3. The van der Waals surface area contributed by atoms with Crippen molar-refractivity contribution in [2.75, 3.05) is 0 Å². The van der Waals surface area contributed by atoms with Gasteiger partial charge in [0.1, 0.15) is 6.10 Å². The zero-order valence-electron chi connectivity index (χ0n) is 13.1. The summed E-state index contributed by atoms with van der Waals surface area (Å²) in [6.07, 6.45) is -0.565. The Morgan fingerprint density at radius 1 is 0.900 bits per heavy atom. The Hall–Kier alpha value is -1.60. The Morgan fingerprint density at radius 2 is 1.55 bits per heavy atom. The van der Waals surface area contributed by atoms with Crippen molar-refractivity contribution in [3.05, 3.63) is 70.3 Å². The van der Waals surface area contributed by atoms with E-state index < -0.39 is 6.10 Å². The Labute approximate surface area is 122 Å². The lowest BCUT2D eigenvalue weighted by atomic mass is 9.81. The van der Waals surface area contributed by atoms with Gasteiger partial charge in [0.2, 0.25) is 0 Å². The Kier molecular flexibility index (Phi) is 4.01. The minimum atomic E-state index is -0.565. The molecule has 0 spiro atoms. The second-order valence-electron chi connectivity index (χ2n) is 6.60. The van der Waals surface area contributed by atoms with Crippen LogP contribution in [0.2, 0.25) is 0 Å². The molecule has 0 aliphatic rings. The number of aliphatic hydroxyl groups is 1. The number of rotatable bonds is 2. The molecule has 0 heterocycles. The van der Waals surface area contributed by atoms with E-state index >= 15 is 0 Å². The SMILES string of the molecule is Cc1ccc(C)c(C(O)c2ccccc2C(C)(C)C)c1. The lowest BCUT2D eigenvalue weighted by Crippen LogP contribution is -2.17. The lowest BCUT2D eigenvalue weighted by Gasteiger charge is -2.26. The molecule has 1 unspecified atom stereocenters. The Bertz CT molecular complexity index is 605. The third kappa shape index (κ3) is 2.94. The Morgan fingerprint density at radius 3 is 2.20 bits per heavy atom. The van der Waals surface area contributed by atoms with Crippen LogP contribution in [-0.2, 0) is 5.41 Å². The second kappa shape index (κ2) is 5.41. The third-order valence-corrected chi connectivity index (χ3v) is 3.79. The number of hydrogen-bond donors (Lipinski definition) is 1. The first-order valence-corrected chi connectivity index (χ1v) is 7.15. The van der Waals surface area contributed by atoms with Gasteiger partial charge in [0.15, 0.2) is 0 Å². The van der Waals surface area contributed by atoms with Gasteiger partial charge in [-0.3, -0.25) is 0 Å². The van der Waals surface area contributed by atoms with Crippen molar-refractivity contribution >= 4 is 0 Å². The van der Waals surface area contributed by atoms with E-state index in [0.717, 1.165) is 16.7 Å². The zero-order valence-corrected chi connectivity index (χ0v) is 13.1. The molecule has 1 N–H and O–H groups in total. The standard InChI is InChI=1S/C19H24O/c1-13-10-11-14(2)16(12-13)18(20)15-8-6-7-9-17(15)19(3,4)5/h6-12,18,20H,1-5H3. The molecular weight excluding hydrogens is 244 g/mol. The van der Waals surface area contributed by atoms with Crippen molar-refractivity contribution in [2.24, 2.45) is 0 Å². The fourth-order valence-corrected chi connectivity index (χ4v) is 2.64. The minimum Gasteiger partial charge on any atom is -0.384 e. The highest BCUT2D eigenvalue weighted by molar-refractivity contribution is 5.42. The number of hydrogen-bond acceptors (Lipinski definition) is 1. The van der Waals surface area contributed by atoms with E-state index in [1.807, 2.05) is 18.2 Å². The van der Waals surface area contributed by atoms with Crippen LogP contribution in [0.3, 0.4) is 0 Å². The fraction of sp³-hybridized carbons (Fsp3) is 0.368. The van der Waals surface area contributed by atoms with Crippen LogP contribution in [0.1, 0.15) is 54.7 Å². The molecule has 2 rings (SSSR count). The maximum Gasteiger partial charge on any atom is 0.105 e. The quantitative estimate of drug-likeness (QED) is 0.838. The van der Waals surface area contributed by atoms with Gasteiger partial charge in [-0.25, -0.2) is 0 Å². The molecule has 0 radical (unpaired) electrons. The minimum absolute atomic E-state index is 0.0231. The van der Waals surface area contributed by atoms with Gasteiger partial charge in [-0.05, 0) is 41.5 Å². The first kappa shape index (κ1) is 14.8. The topological polar surface area (TPSA) is 20.2 Å². The molecule has 1 atom stereocenters. The van der Waals surface area contributed by atoms with Gasteiger partial charge in [0.05, 0.1) is 0 Å². The zero-order chi connectivity index (χ0) is 14.9. The van der Waals surface area contributed by atoms with E-state index in [1.54, 1.807) is 0 Å². The van der Waals surface area contributed by atoms with Gasteiger partial charge in [0.25, 0.3) is 0 Å². The number of benzene rings is 2. The van der Waals surface area contributed by atoms with Crippen molar-refractivity contribution in [1.29, 1.82) is 0 Å². The summed E-state index contributed by atoms with van der Waals surface area (Å²) < 4.78 is 0. The summed E-state index contributed by atoms with van der Waals surface area (Å²) in [6.45, 7) is 10.7. The highest BCUT2D eigenvalue weighted by Crippen LogP contribution is 2.33. The summed E-state index contributed by atoms with van der Waals surface area (Å²) in [5.74, 6) is 0. The molecule has 0 bridgehead atoms. The van der Waals surface area contributed by atoms with E-state index in [2.05, 4.69) is 58.9 Å². The molecule has 0 saturated carbocycles. The largest absolute Gasteiger partial charge is 0.384 e. The van der Waals surface area contributed by atoms with Crippen LogP contribution in [0.4, 0.5) is 0 Å². The molecule has 2 aromatic carbocycles. The first-order valence-electron chi connectivity index (χ1n) is 7.15. The summed E-state index contributed by atoms with van der Waals surface area (Å²) in [6, 6.07) is 14.4. The fourth-order valence-electron chi connectivity index (χ4n) is 2.64. The highest BCUT2D eigenvalue weighted by Gasteiger charge is 2.23. The van der Waals surface area contributed by atoms with E-state index in [0.29, 0.717) is 0 Å². The second-order valence-corrected chi connectivity index (χ2v) is 6.60. The normalized spacial score (nSPS) is 13.3. The van der Waals surface area contributed by atoms with Gasteiger partial charge in [-0.2, -0.15) is 0 Å². The smallest absolute Gasteiger partial charge is 0.105 e. The first-order chi connectivity index (χ1) is 9.30. The van der Waals surface area contributed by atoms with Crippen LogP contribution in [0, 0.1) is 13.8 Å². The monoisotopic (exact) mass is 268 g/mol. The predicted octanol–water partition coefficient (Wildman–Crippen LogP) is 4.68. The van der Waals surface area contributed by atoms with Crippen LogP contribution in [0.5, 0.6) is 0 Å². The molecule has 1 heteroatoms. The molecule has 1 nitrogen and oxygen atoms in total. The number of aryl methyl sites for hydroxylation is 2. The van der Waals surface area contributed by atoms with Gasteiger partial charge in [0, 0.05) is 0 Å². The maximum atomic E-state index is 10.8. The molecule has 0 aromatic heterocycles. The average Bonchev–Trinajstić information content (AvgIpc) is 2.40. The average molecular weight is 268 g/mol. The van der Waals surface area contributed by atoms with Gasteiger partial charge in [-0.15, -0.1) is 0 Å². The van der Waals surface area contributed by atoms with Crippen LogP contribution < -0.4 is 0 Å². The van der Waals surface area contributed by atoms with E-state index in [4.69, 9.17) is 0 Å². The molecule has 0 aliphatic carbocycles. The van der Waals surface area contributed by atoms with Crippen LogP contribution in [0.25, 0.3) is 0 Å². The van der Waals surface area contributed by atoms with Crippen molar-refractivity contribution in [3.63, 3.8) is 0 Å². The summed E-state index contributed by atoms with van der Waals surface area (Å²) >= 11 is 0. The lowest BCUT2D eigenvalue weighted by molar-refractivity contribution is 0.216. The molecule has 106 valence electrons. The number of aliphatic hydroxyl groups excluding tert-OH is 1. The van der Waals surface area contributed by atoms with Gasteiger partial charge < -0.3 is 5.11 Å². The molecule has 2 aromatic rings. The summed E-state index contributed by atoms with van der Waals surface area (Å²) in [5.41, 5.74) is 5.54. The third-order valence-electron chi connectivity index (χ3n) is 3.79. The van der Waals surface area contributed by atoms with Gasteiger partial charge in [-0.1, -0.05) is 68.8 Å². The van der Waals surface area contributed by atoms with Crippen LogP contribution >= 0.6 is 0 Å². The van der Waals surface area contributed by atoms with E-state index in [-0.39, 0.29) is 5.41 Å². The molecule has 20 heavy (non-hydrogen) atoms. The summed E-state index contributed by atoms with van der Waals surface area (Å²) in [4.78, 5) is 0. The van der Waals surface area contributed by atoms with Crippen LogP contribution in [0.15, 0.2) is 42.5 Å². The molecule has 0 amide bonds. The Balaban J connectivity index is 2.54. The summed E-state index contributed by atoms with van der Waals surface area (Å²) in [7, 11) is 0.